The Morgan fingerprint density at radius 2 is 1.06 bits per heavy atom. The minimum absolute atomic E-state index is 0.00488. The summed E-state index contributed by atoms with van der Waals surface area (Å²) in [6, 6.07) is 0. The van der Waals surface area contributed by atoms with E-state index in [1.807, 2.05) is 0 Å². The number of rotatable bonds is 28. The molecule has 0 aromatic carbocycles. The van der Waals surface area contributed by atoms with Gasteiger partial charge in [-0.05, 0) is 214 Å². The van der Waals surface area contributed by atoms with Crippen LogP contribution in [0.3, 0.4) is 0 Å². The average molecular weight is 1140 g/mol. The van der Waals surface area contributed by atoms with E-state index in [9.17, 15) is 9.59 Å². The van der Waals surface area contributed by atoms with Gasteiger partial charge in [0.15, 0.2) is 0 Å². The van der Waals surface area contributed by atoms with Crippen LogP contribution in [0.2, 0.25) is 0 Å². The number of hydrogen-bond donors (Lipinski definition) is 0. The average Bonchev–Trinajstić information content (AvgIpc) is 1.61. The highest BCUT2D eigenvalue weighted by Gasteiger charge is 2.64. The van der Waals surface area contributed by atoms with Gasteiger partial charge in [0, 0.05) is 12.8 Å². The Bertz CT molecular complexity index is 2050. The normalized spacial score (nSPS) is 36.3. The number of carbonyl (C=O) groups excluding carboxylic acids is 2. The fourth-order valence-corrected chi connectivity index (χ4v) is 21.0. The van der Waals surface area contributed by atoms with Crippen molar-refractivity contribution in [3.05, 3.63) is 35.5 Å². The summed E-state index contributed by atoms with van der Waals surface area (Å²) in [6.07, 6.45) is 55.2. The van der Waals surface area contributed by atoms with Crippen LogP contribution in [-0.4, -0.2) is 38.2 Å². The van der Waals surface area contributed by atoms with Crippen LogP contribution in [0.15, 0.2) is 35.5 Å². The molecule has 0 heterocycles. The largest absolute Gasteiger partial charge is 0.508 e. The van der Waals surface area contributed by atoms with Gasteiger partial charge in [0.2, 0.25) is 0 Å². The van der Waals surface area contributed by atoms with Gasteiger partial charge in [0.25, 0.3) is 0 Å². The second-order valence-corrected chi connectivity index (χ2v) is 31.7. The third-order valence-electron chi connectivity index (χ3n) is 25.7. The monoisotopic (exact) mass is 1140 g/mol. The van der Waals surface area contributed by atoms with E-state index in [0.29, 0.717) is 28.3 Å². The maximum Gasteiger partial charge on any atom is 0.508 e. The van der Waals surface area contributed by atoms with E-state index in [2.05, 4.69) is 107 Å². The van der Waals surface area contributed by atoms with Crippen molar-refractivity contribution in [2.45, 2.75) is 326 Å². The molecule has 16 atom stereocenters. The van der Waals surface area contributed by atoms with Gasteiger partial charge in [-0.3, -0.25) is 0 Å². The zero-order valence-electron chi connectivity index (χ0n) is 55.9. The van der Waals surface area contributed by atoms with Crippen LogP contribution in [0.4, 0.5) is 9.59 Å². The van der Waals surface area contributed by atoms with E-state index < -0.39 is 12.3 Å². The summed E-state index contributed by atoms with van der Waals surface area (Å²) in [5, 5.41) is 0. The minimum Gasteiger partial charge on any atom is -0.438 e. The van der Waals surface area contributed by atoms with Crippen LogP contribution in [-0.2, 0) is 18.9 Å². The quantitative estimate of drug-likeness (QED) is 0.0442. The summed E-state index contributed by atoms with van der Waals surface area (Å²) >= 11 is 0. The molecule has 0 saturated heterocycles. The lowest BCUT2D eigenvalue weighted by Crippen LogP contribution is -2.56. The molecule has 0 N–H and O–H groups in total. The van der Waals surface area contributed by atoms with Crippen molar-refractivity contribution >= 4 is 12.3 Å². The smallest absolute Gasteiger partial charge is 0.438 e. The third kappa shape index (κ3) is 16.3. The Balaban J connectivity index is 0.000000259. The fourth-order valence-electron chi connectivity index (χ4n) is 21.0. The van der Waals surface area contributed by atoms with Gasteiger partial charge >= 0.3 is 12.3 Å². The van der Waals surface area contributed by atoms with E-state index in [0.717, 1.165) is 116 Å². The van der Waals surface area contributed by atoms with Crippen molar-refractivity contribution in [3.63, 3.8) is 0 Å². The predicted octanol–water partition coefficient (Wildman–Crippen LogP) is 23.2. The Kier molecular flexibility index (Phi) is 25.5. The molecular formula is C76H130O6. The van der Waals surface area contributed by atoms with Gasteiger partial charge in [0.1, 0.15) is 12.2 Å². The molecule has 6 nitrogen and oxygen atoms in total. The molecule has 8 rings (SSSR count). The summed E-state index contributed by atoms with van der Waals surface area (Å²) in [4.78, 5) is 24.3. The summed E-state index contributed by atoms with van der Waals surface area (Å²) in [5.74, 6) is 9.35. The fraction of sp³-hybridized carbons (Fsp3) is 0.895. The van der Waals surface area contributed by atoms with E-state index in [1.54, 1.807) is 11.1 Å². The number of fused-ring (bicyclic) bond motifs is 10. The first-order chi connectivity index (χ1) is 39.2. The van der Waals surface area contributed by atoms with Gasteiger partial charge in [-0.1, -0.05) is 215 Å². The molecule has 470 valence electrons. The SMILES string of the molecule is CCCCCCCC/C=C/CCCCCCCCOC(=O)O[C@H]1CC[C@@]2(C)C(=CC[C@@]3(C)[C@@H]4CC[C@H]([C@H](C)CCCC(C)C)[C@@]4(C)CC[C@@H]32)C1.COC(=O)O[C@H]1CC[C@@]2(C)C(=CC[C@H]3[C@@H]4CC[C@H]([C@H](C)CCCC(C)C)[C@@]4(C)CC[C@@H]32)C1. The molecule has 0 bridgehead atoms. The van der Waals surface area contributed by atoms with Crippen LogP contribution in [0.1, 0.15) is 314 Å². The molecule has 0 unspecified atom stereocenters. The maximum absolute atomic E-state index is 12.7. The molecular weight excluding hydrogens is 1010 g/mol. The van der Waals surface area contributed by atoms with E-state index >= 15 is 0 Å². The second-order valence-electron chi connectivity index (χ2n) is 31.7. The first-order valence-corrected chi connectivity index (χ1v) is 35.8. The molecule has 0 aromatic rings. The number of methoxy groups -OCH3 is 1. The lowest BCUT2D eigenvalue weighted by atomic mass is 9.41. The van der Waals surface area contributed by atoms with Crippen LogP contribution in [0.25, 0.3) is 0 Å². The first-order valence-electron chi connectivity index (χ1n) is 35.8. The Morgan fingerprint density at radius 3 is 1.67 bits per heavy atom. The molecule has 6 saturated carbocycles. The number of unbranched alkanes of at least 4 members (excludes halogenated alkanes) is 12. The Morgan fingerprint density at radius 1 is 0.524 bits per heavy atom. The number of allylic oxidation sites excluding steroid dienone is 4. The molecule has 8 aliphatic carbocycles. The standard InChI is InChI=1S/C47H82O3.C29H48O3/c1-8-9-10-11-12-13-14-15-16-17-18-19-20-21-22-23-35-49-44(48)50-40-30-33-45(5)39(36-40)29-32-47(7)42-28-27-41(38(4)26-24-25-37(2)3)46(42,6)34-31-43(45)47;1-19(2)8-7-9-20(3)24-12-13-25-23-11-10-21-18-22(32-27(30)31-6)14-16-28(21,4)26(23)15-17-29(24,25)5/h15-16,29,37-38,40-43H,8-14,17-28,30-36H2,1-7H3;10,19-20,22-26H,7-9,11-18H2,1-6H3/b16-15+;/t38-,40+,41-,42-,43-,45+,46-,47+;20-,22+,23+,24-,25+,26+,28+,29-/m11/s1. The van der Waals surface area contributed by atoms with Gasteiger partial charge in [-0.15, -0.1) is 0 Å². The summed E-state index contributed by atoms with van der Waals surface area (Å²) < 4.78 is 21.8. The molecule has 6 heteroatoms. The molecule has 0 aliphatic heterocycles. The molecule has 0 spiro atoms. The molecule has 6 fully saturated rings. The van der Waals surface area contributed by atoms with Gasteiger partial charge in [-0.2, -0.15) is 0 Å². The van der Waals surface area contributed by atoms with Gasteiger partial charge in [0.05, 0.1) is 13.7 Å². The van der Waals surface area contributed by atoms with Gasteiger partial charge < -0.3 is 18.9 Å². The van der Waals surface area contributed by atoms with Gasteiger partial charge in [-0.25, -0.2) is 9.59 Å². The highest BCUT2D eigenvalue weighted by atomic mass is 16.7. The van der Waals surface area contributed by atoms with Crippen LogP contribution < -0.4 is 0 Å². The van der Waals surface area contributed by atoms with Crippen molar-refractivity contribution < 1.29 is 28.5 Å². The van der Waals surface area contributed by atoms with Crippen molar-refractivity contribution in [1.29, 1.82) is 0 Å². The Hall–Kier alpha value is -2.24. The van der Waals surface area contributed by atoms with E-state index in [4.69, 9.17) is 18.9 Å². The molecule has 0 amide bonds. The lowest BCUT2D eigenvalue weighted by Gasteiger charge is -2.63. The Labute approximate surface area is 506 Å². The number of carbonyl (C=O) groups is 2. The highest BCUT2D eigenvalue weighted by molar-refractivity contribution is 5.60. The zero-order chi connectivity index (χ0) is 59.1. The number of ether oxygens (including phenoxy) is 4. The van der Waals surface area contributed by atoms with Crippen LogP contribution in [0.5, 0.6) is 0 Å². The van der Waals surface area contributed by atoms with Crippen molar-refractivity contribution in [3.8, 4) is 0 Å². The molecule has 82 heavy (non-hydrogen) atoms. The topological polar surface area (TPSA) is 71.1 Å². The van der Waals surface area contributed by atoms with Crippen molar-refractivity contribution in [2.24, 2.45) is 92.2 Å². The summed E-state index contributed by atoms with van der Waals surface area (Å²) in [7, 11) is 1.40. The molecule has 0 radical (unpaired) electrons. The minimum atomic E-state index is -0.527. The predicted molar refractivity (Wildman–Crippen MR) is 344 cm³/mol. The first kappa shape index (κ1) is 67.3. The lowest BCUT2D eigenvalue weighted by molar-refractivity contribution is -0.115. The van der Waals surface area contributed by atoms with Crippen molar-refractivity contribution in [1.82, 2.24) is 0 Å². The zero-order valence-corrected chi connectivity index (χ0v) is 55.9. The van der Waals surface area contributed by atoms with Crippen molar-refractivity contribution in [2.75, 3.05) is 13.7 Å². The summed E-state index contributed by atoms with van der Waals surface area (Å²) in [6.45, 7) is 30.6. The number of hydrogen-bond acceptors (Lipinski definition) is 6. The second kappa shape index (κ2) is 31.1. The molecule has 8 aliphatic rings. The van der Waals surface area contributed by atoms with E-state index in [-0.39, 0.29) is 17.6 Å². The maximum atomic E-state index is 12.7. The third-order valence-corrected chi connectivity index (χ3v) is 25.7. The van der Waals surface area contributed by atoms with E-state index in [1.165, 1.54) is 187 Å². The highest BCUT2D eigenvalue weighted by Crippen LogP contribution is 2.72. The summed E-state index contributed by atoms with van der Waals surface area (Å²) in [5.41, 5.74) is 5.15. The van der Waals surface area contributed by atoms with Crippen LogP contribution >= 0.6 is 0 Å². The molecule has 0 aromatic heterocycles. The van der Waals surface area contributed by atoms with Crippen LogP contribution in [0, 0.1) is 92.2 Å².